The maximum atomic E-state index is 11.6. The van der Waals surface area contributed by atoms with Crippen LogP contribution in [0, 0.1) is 0 Å². The van der Waals surface area contributed by atoms with Crippen LogP contribution >= 0.6 is 11.8 Å². The first kappa shape index (κ1) is 16.1. The minimum Gasteiger partial charge on any atom is -0.497 e. The van der Waals surface area contributed by atoms with Crippen LogP contribution in [0.15, 0.2) is 42.5 Å². The Hall–Kier alpha value is -2.40. The zero-order chi connectivity index (χ0) is 17.4. The number of ether oxygens (including phenoxy) is 1. The van der Waals surface area contributed by atoms with Crippen molar-refractivity contribution in [2.75, 3.05) is 12.9 Å². The molecule has 0 spiro atoms. The lowest BCUT2D eigenvalue weighted by Crippen LogP contribution is -2.12. The molecule has 0 unspecified atom stereocenters. The van der Waals surface area contributed by atoms with E-state index < -0.39 is 5.97 Å². The fourth-order valence-electron chi connectivity index (χ4n) is 3.59. The molecule has 0 amide bonds. The number of thioether (sulfide) groups is 1. The van der Waals surface area contributed by atoms with Crippen LogP contribution in [0.25, 0.3) is 10.9 Å². The number of carbonyl (C=O) groups is 1. The Morgan fingerprint density at radius 2 is 2.12 bits per heavy atom. The first-order valence-electron chi connectivity index (χ1n) is 8.26. The molecule has 2 aromatic carbocycles. The van der Waals surface area contributed by atoms with E-state index in [1.165, 1.54) is 16.6 Å². The smallest absolute Gasteiger partial charge is 0.336 e. The Balaban J connectivity index is 1.90. The molecule has 25 heavy (non-hydrogen) atoms. The minimum absolute atomic E-state index is 0.367. The molecule has 1 aliphatic rings. The molecule has 0 saturated heterocycles. The van der Waals surface area contributed by atoms with Crippen molar-refractivity contribution in [2.24, 2.45) is 0 Å². The summed E-state index contributed by atoms with van der Waals surface area (Å²) < 4.78 is 7.68. The van der Waals surface area contributed by atoms with Gasteiger partial charge in [-0.05, 0) is 41.5 Å². The van der Waals surface area contributed by atoms with Crippen LogP contribution in [0.4, 0.5) is 0 Å². The Bertz CT molecular complexity index is 961. The Morgan fingerprint density at radius 1 is 1.28 bits per heavy atom. The van der Waals surface area contributed by atoms with E-state index in [-0.39, 0.29) is 0 Å². The highest BCUT2D eigenvalue weighted by atomic mass is 32.2. The number of hydrogen-bond acceptors (Lipinski definition) is 3. The van der Waals surface area contributed by atoms with Gasteiger partial charge in [0.1, 0.15) is 5.75 Å². The zero-order valence-electron chi connectivity index (χ0n) is 14.0. The normalized spacial score (nSPS) is 13.6. The largest absolute Gasteiger partial charge is 0.497 e. The van der Waals surface area contributed by atoms with Gasteiger partial charge in [0, 0.05) is 29.4 Å². The van der Waals surface area contributed by atoms with E-state index in [1.807, 2.05) is 30.0 Å². The molecule has 0 aliphatic carbocycles. The number of carboxylic acid groups (broad SMARTS) is 1. The molecule has 0 radical (unpaired) electrons. The number of methoxy groups -OCH3 is 1. The van der Waals surface area contributed by atoms with Crippen molar-refractivity contribution < 1.29 is 14.6 Å². The standard InChI is InChI=1S/C20H19NO3S/c1-24-14-6-7-16-17-12-25-9-8-18(17)21(19(16)10-14)11-13-4-2-3-5-15(13)20(22)23/h2-7,10H,8-9,11-12H2,1H3,(H,22,23). The van der Waals surface area contributed by atoms with Gasteiger partial charge in [-0.25, -0.2) is 4.79 Å². The first-order valence-corrected chi connectivity index (χ1v) is 9.41. The molecule has 128 valence electrons. The van der Waals surface area contributed by atoms with Crippen molar-refractivity contribution in [3.05, 3.63) is 64.8 Å². The van der Waals surface area contributed by atoms with Gasteiger partial charge in [-0.15, -0.1) is 0 Å². The van der Waals surface area contributed by atoms with Gasteiger partial charge >= 0.3 is 5.97 Å². The van der Waals surface area contributed by atoms with Crippen LogP contribution in [0.5, 0.6) is 5.75 Å². The number of carboxylic acids is 1. The van der Waals surface area contributed by atoms with Crippen molar-refractivity contribution in [3.63, 3.8) is 0 Å². The molecule has 2 heterocycles. The van der Waals surface area contributed by atoms with E-state index in [4.69, 9.17) is 4.74 Å². The predicted molar refractivity (Wildman–Crippen MR) is 101 cm³/mol. The molecule has 4 rings (SSSR count). The summed E-state index contributed by atoms with van der Waals surface area (Å²) in [6, 6.07) is 13.4. The molecule has 0 atom stereocenters. The average molecular weight is 353 g/mol. The van der Waals surface area contributed by atoms with Crippen LogP contribution in [0.1, 0.15) is 27.2 Å². The zero-order valence-corrected chi connectivity index (χ0v) is 14.8. The summed E-state index contributed by atoms with van der Waals surface area (Å²) in [6.45, 7) is 0.562. The van der Waals surface area contributed by atoms with E-state index >= 15 is 0 Å². The van der Waals surface area contributed by atoms with Gasteiger partial charge in [-0.1, -0.05) is 18.2 Å². The maximum absolute atomic E-state index is 11.6. The van der Waals surface area contributed by atoms with Crippen LogP contribution in [-0.2, 0) is 18.7 Å². The third-order valence-corrected chi connectivity index (χ3v) is 5.79. The number of benzene rings is 2. The summed E-state index contributed by atoms with van der Waals surface area (Å²) in [6.07, 6.45) is 1.01. The van der Waals surface area contributed by atoms with E-state index in [1.54, 1.807) is 19.2 Å². The van der Waals surface area contributed by atoms with Crippen LogP contribution in [-0.4, -0.2) is 28.5 Å². The topological polar surface area (TPSA) is 51.5 Å². The molecule has 3 aromatic rings. The van der Waals surface area contributed by atoms with Crippen molar-refractivity contribution in [3.8, 4) is 5.75 Å². The lowest BCUT2D eigenvalue weighted by molar-refractivity contribution is 0.0695. The quantitative estimate of drug-likeness (QED) is 0.764. The maximum Gasteiger partial charge on any atom is 0.336 e. The SMILES string of the molecule is COc1ccc2c3c(n(Cc4ccccc4C(=O)O)c2c1)CCSC3. The van der Waals surface area contributed by atoms with Gasteiger partial charge in [-0.3, -0.25) is 0 Å². The van der Waals surface area contributed by atoms with E-state index in [0.717, 1.165) is 34.8 Å². The van der Waals surface area contributed by atoms with Gasteiger partial charge in [-0.2, -0.15) is 11.8 Å². The highest BCUT2D eigenvalue weighted by molar-refractivity contribution is 7.98. The molecule has 4 nitrogen and oxygen atoms in total. The van der Waals surface area contributed by atoms with Crippen molar-refractivity contribution >= 4 is 28.6 Å². The number of nitrogens with zero attached hydrogens (tertiary/aromatic N) is 1. The molecular weight excluding hydrogens is 334 g/mol. The molecule has 1 aliphatic heterocycles. The summed E-state index contributed by atoms with van der Waals surface area (Å²) in [4.78, 5) is 11.6. The number of aromatic carboxylic acids is 1. The number of rotatable bonds is 4. The summed E-state index contributed by atoms with van der Waals surface area (Å²) in [5, 5.41) is 10.7. The summed E-state index contributed by atoms with van der Waals surface area (Å²) >= 11 is 1.95. The molecule has 1 N–H and O–H groups in total. The van der Waals surface area contributed by atoms with E-state index in [2.05, 4.69) is 16.7 Å². The molecule has 0 saturated carbocycles. The lowest BCUT2D eigenvalue weighted by atomic mass is 10.1. The van der Waals surface area contributed by atoms with Gasteiger partial charge in [0.2, 0.25) is 0 Å². The molecule has 1 aromatic heterocycles. The summed E-state index contributed by atoms with van der Waals surface area (Å²) in [5.74, 6) is 2.05. The molecular formula is C20H19NO3S. The van der Waals surface area contributed by atoms with Crippen LogP contribution in [0.3, 0.4) is 0 Å². The second-order valence-electron chi connectivity index (χ2n) is 6.16. The average Bonchev–Trinajstić information content (AvgIpc) is 2.95. The monoisotopic (exact) mass is 353 g/mol. The van der Waals surface area contributed by atoms with E-state index in [9.17, 15) is 9.90 Å². The highest BCUT2D eigenvalue weighted by Crippen LogP contribution is 2.36. The number of fused-ring (bicyclic) bond motifs is 3. The van der Waals surface area contributed by atoms with Gasteiger partial charge < -0.3 is 14.4 Å². The third kappa shape index (κ3) is 2.78. The van der Waals surface area contributed by atoms with Crippen LogP contribution < -0.4 is 4.74 Å². The fourth-order valence-corrected chi connectivity index (χ4v) is 4.60. The van der Waals surface area contributed by atoms with E-state index in [0.29, 0.717) is 12.1 Å². The van der Waals surface area contributed by atoms with Crippen molar-refractivity contribution in [2.45, 2.75) is 18.7 Å². The van der Waals surface area contributed by atoms with Gasteiger partial charge in [0.25, 0.3) is 0 Å². The summed E-state index contributed by atoms with van der Waals surface area (Å²) in [7, 11) is 1.67. The predicted octanol–water partition coefficient (Wildman–Crippen LogP) is 4.19. The molecule has 0 bridgehead atoms. The van der Waals surface area contributed by atoms with Gasteiger partial charge in [0.05, 0.1) is 18.2 Å². The van der Waals surface area contributed by atoms with Crippen molar-refractivity contribution in [1.82, 2.24) is 4.57 Å². The van der Waals surface area contributed by atoms with Crippen LogP contribution in [0.2, 0.25) is 0 Å². The second kappa shape index (κ2) is 6.48. The minimum atomic E-state index is -0.880. The first-order chi connectivity index (χ1) is 12.2. The molecule has 5 heteroatoms. The Kier molecular flexibility index (Phi) is 4.17. The summed E-state index contributed by atoms with van der Waals surface area (Å²) in [5.41, 5.74) is 5.01. The Labute approximate surface area is 150 Å². The van der Waals surface area contributed by atoms with Gasteiger partial charge in [0.15, 0.2) is 0 Å². The fraction of sp³-hybridized carbons (Fsp3) is 0.250. The number of aromatic nitrogens is 1. The number of hydrogen-bond donors (Lipinski definition) is 1. The highest BCUT2D eigenvalue weighted by Gasteiger charge is 2.21. The lowest BCUT2D eigenvalue weighted by Gasteiger charge is -2.17. The third-order valence-electron chi connectivity index (χ3n) is 4.80. The molecule has 0 fully saturated rings. The Morgan fingerprint density at radius 3 is 2.92 bits per heavy atom. The van der Waals surface area contributed by atoms with Crippen molar-refractivity contribution in [1.29, 1.82) is 0 Å². The second-order valence-corrected chi connectivity index (χ2v) is 7.26.